The van der Waals surface area contributed by atoms with E-state index < -0.39 is 22.0 Å². The Morgan fingerprint density at radius 2 is 1.58 bits per heavy atom. The van der Waals surface area contributed by atoms with Crippen LogP contribution in [-0.4, -0.2) is 34.6 Å². The molecule has 1 amide bonds. The van der Waals surface area contributed by atoms with Gasteiger partial charge in [-0.2, -0.15) is 4.72 Å². The van der Waals surface area contributed by atoms with Crippen LogP contribution in [0.2, 0.25) is 5.02 Å². The van der Waals surface area contributed by atoms with Crippen molar-refractivity contribution in [3.8, 4) is 23.0 Å². The molecule has 33 heavy (non-hydrogen) atoms. The lowest BCUT2D eigenvalue weighted by molar-refractivity contribution is -0.117. The third kappa shape index (κ3) is 6.16. The van der Waals surface area contributed by atoms with Gasteiger partial charge >= 0.3 is 0 Å². The number of anilines is 1. The summed E-state index contributed by atoms with van der Waals surface area (Å²) in [6.45, 7) is 1.43. The number of sulfonamides is 1. The molecule has 10 heteroatoms. The second-order valence-corrected chi connectivity index (χ2v) is 9.06. The summed E-state index contributed by atoms with van der Waals surface area (Å²) in [6.07, 6.45) is 0. The fourth-order valence-corrected chi connectivity index (χ4v) is 4.27. The van der Waals surface area contributed by atoms with E-state index in [0.29, 0.717) is 28.0 Å². The van der Waals surface area contributed by atoms with Crippen LogP contribution in [0.15, 0.2) is 71.6 Å². The number of carbonyl (C=O) groups is 1. The van der Waals surface area contributed by atoms with Crippen LogP contribution in [0.5, 0.6) is 23.0 Å². The van der Waals surface area contributed by atoms with Crippen molar-refractivity contribution in [2.75, 3.05) is 19.5 Å². The van der Waals surface area contributed by atoms with Crippen LogP contribution in [-0.2, 0) is 14.8 Å². The predicted molar refractivity (Wildman–Crippen MR) is 126 cm³/mol. The van der Waals surface area contributed by atoms with E-state index in [1.807, 2.05) is 18.2 Å². The molecule has 0 saturated heterocycles. The van der Waals surface area contributed by atoms with E-state index in [9.17, 15) is 13.2 Å². The van der Waals surface area contributed by atoms with Crippen molar-refractivity contribution in [2.24, 2.45) is 0 Å². The van der Waals surface area contributed by atoms with Gasteiger partial charge in [-0.1, -0.05) is 29.8 Å². The Morgan fingerprint density at radius 1 is 0.909 bits per heavy atom. The van der Waals surface area contributed by atoms with E-state index in [-0.39, 0.29) is 10.6 Å². The SMILES string of the molecule is COc1ccc(S(=O)(=O)N[C@H](C)C(=O)Nc2cc(Cl)ccc2Oc2ccccc2)cc1OC. The predicted octanol–water partition coefficient (Wildman–Crippen LogP) is 4.46. The minimum absolute atomic E-state index is 0.0735. The van der Waals surface area contributed by atoms with Crippen LogP contribution in [0.4, 0.5) is 5.69 Å². The highest BCUT2D eigenvalue weighted by atomic mass is 35.5. The fourth-order valence-electron chi connectivity index (χ4n) is 2.88. The summed E-state index contributed by atoms with van der Waals surface area (Å²) in [5.41, 5.74) is 0.300. The van der Waals surface area contributed by atoms with E-state index in [1.54, 1.807) is 24.3 Å². The molecule has 0 bridgehead atoms. The van der Waals surface area contributed by atoms with Crippen LogP contribution in [0.1, 0.15) is 6.92 Å². The molecule has 0 aliphatic rings. The van der Waals surface area contributed by atoms with Crippen molar-refractivity contribution in [1.82, 2.24) is 4.72 Å². The zero-order valence-corrected chi connectivity index (χ0v) is 19.7. The molecule has 0 spiro atoms. The second kappa shape index (κ2) is 10.6. The first kappa shape index (κ1) is 24.4. The molecule has 0 fully saturated rings. The third-order valence-electron chi connectivity index (χ3n) is 4.56. The Bertz CT molecular complexity index is 1230. The maximum Gasteiger partial charge on any atom is 0.242 e. The lowest BCUT2D eigenvalue weighted by Crippen LogP contribution is -2.41. The van der Waals surface area contributed by atoms with E-state index in [1.165, 1.54) is 45.4 Å². The molecule has 0 radical (unpaired) electrons. The molecule has 0 unspecified atom stereocenters. The van der Waals surface area contributed by atoms with Crippen LogP contribution in [0.3, 0.4) is 0 Å². The van der Waals surface area contributed by atoms with E-state index >= 15 is 0 Å². The maximum absolute atomic E-state index is 12.8. The van der Waals surface area contributed by atoms with Crippen molar-refractivity contribution in [2.45, 2.75) is 17.9 Å². The van der Waals surface area contributed by atoms with Gasteiger partial charge in [0.25, 0.3) is 0 Å². The molecule has 0 heterocycles. The number of carbonyl (C=O) groups excluding carboxylic acids is 1. The number of nitrogens with one attached hydrogen (secondary N) is 2. The zero-order valence-electron chi connectivity index (χ0n) is 18.2. The van der Waals surface area contributed by atoms with Gasteiger partial charge in [0, 0.05) is 11.1 Å². The number of ether oxygens (including phenoxy) is 3. The van der Waals surface area contributed by atoms with Gasteiger partial charge < -0.3 is 19.5 Å². The molecular weight excluding hydrogens is 468 g/mol. The van der Waals surface area contributed by atoms with Crippen molar-refractivity contribution in [3.05, 3.63) is 71.8 Å². The van der Waals surface area contributed by atoms with Crippen LogP contribution in [0.25, 0.3) is 0 Å². The van der Waals surface area contributed by atoms with Gasteiger partial charge in [0.05, 0.1) is 30.8 Å². The van der Waals surface area contributed by atoms with Gasteiger partial charge in [0.2, 0.25) is 15.9 Å². The summed E-state index contributed by atoms with van der Waals surface area (Å²) in [7, 11) is -1.18. The summed E-state index contributed by atoms with van der Waals surface area (Å²) < 4.78 is 44.1. The Balaban J connectivity index is 1.76. The number of benzene rings is 3. The Labute approximate surface area is 197 Å². The Morgan fingerprint density at radius 3 is 2.24 bits per heavy atom. The molecule has 3 aromatic rings. The summed E-state index contributed by atoms with van der Waals surface area (Å²) in [5.74, 6) is 0.957. The van der Waals surface area contributed by atoms with Gasteiger partial charge in [-0.15, -0.1) is 0 Å². The highest BCUT2D eigenvalue weighted by Crippen LogP contribution is 2.32. The maximum atomic E-state index is 12.8. The standard InChI is InChI=1S/C23H23ClN2O6S/c1-15(26-33(28,29)18-10-12-21(30-2)22(14-18)31-3)23(27)25-19-13-16(24)9-11-20(19)32-17-7-5-4-6-8-17/h4-15,26H,1-3H3,(H,25,27)/t15-/m1/s1. The number of hydrogen-bond donors (Lipinski definition) is 2. The Hall–Kier alpha value is -3.27. The molecule has 0 aliphatic carbocycles. The average Bonchev–Trinajstić information content (AvgIpc) is 2.80. The highest BCUT2D eigenvalue weighted by molar-refractivity contribution is 7.89. The fraction of sp³-hybridized carbons (Fsp3) is 0.174. The molecule has 1 atom stereocenters. The topological polar surface area (TPSA) is 103 Å². The van der Waals surface area contributed by atoms with Gasteiger partial charge in [0.15, 0.2) is 17.2 Å². The Kier molecular flexibility index (Phi) is 7.80. The van der Waals surface area contributed by atoms with Gasteiger partial charge in [0.1, 0.15) is 5.75 Å². The minimum atomic E-state index is -4.02. The minimum Gasteiger partial charge on any atom is -0.493 e. The van der Waals surface area contributed by atoms with Crippen LogP contribution < -0.4 is 24.2 Å². The van der Waals surface area contributed by atoms with Crippen LogP contribution >= 0.6 is 11.6 Å². The number of halogens is 1. The molecular formula is C23H23ClN2O6S. The zero-order chi connectivity index (χ0) is 24.0. The van der Waals surface area contributed by atoms with Crippen molar-refractivity contribution < 1.29 is 27.4 Å². The molecule has 8 nitrogen and oxygen atoms in total. The smallest absolute Gasteiger partial charge is 0.242 e. The molecule has 174 valence electrons. The van der Waals surface area contributed by atoms with Crippen molar-refractivity contribution in [1.29, 1.82) is 0 Å². The number of amides is 1. The molecule has 0 saturated carbocycles. The normalized spacial score (nSPS) is 12.0. The first-order chi connectivity index (χ1) is 15.7. The lowest BCUT2D eigenvalue weighted by atomic mass is 10.2. The molecule has 3 rings (SSSR count). The molecule has 2 N–H and O–H groups in total. The number of methoxy groups -OCH3 is 2. The number of hydrogen-bond acceptors (Lipinski definition) is 6. The number of rotatable bonds is 9. The van der Waals surface area contributed by atoms with Crippen molar-refractivity contribution in [3.63, 3.8) is 0 Å². The summed E-state index contributed by atoms with van der Waals surface area (Å²) >= 11 is 6.08. The van der Waals surface area contributed by atoms with Gasteiger partial charge in [-0.25, -0.2) is 8.42 Å². The third-order valence-corrected chi connectivity index (χ3v) is 6.33. The first-order valence-electron chi connectivity index (χ1n) is 9.81. The summed E-state index contributed by atoms with van der Waals surface area (Å²) in [6, 6.07) is 16.8. The molecule has 0 aromatic heterocycles. The quantitative estimate of drug-likeness (QED) is 0.459. The lowest BCUT2D eigenvalue weighted by Gasteiger charge is -2.17. The van der Waals surface area contributed by atoms with Crippen LogP contribution in [0, 0.1) is 0 Å². The summed E-state index contributed by atoms with van der Waals surface area (Å²) in [4.78, 5) is 12.7. The van der Waals surface area contributed by atoms with Crippen molar-refractivity contribution >= 4 is 33.2 Å². The largest absolute Gasteiger partial charge is 0.493 e. The molecule has 3 aromatic carbocycles. The second-order valence-electron chi connectivity index (χ2n) is 6.90. The van der Waals surface area contributed by atoms with Gasteiger partial charge in [-0.05, 0) is 49.4 Å². The first-order valence-corrected chi connectivity index (χ1v) is 11.7. The highest BCUT2D eigenvalue weighted by Gasteiger charge is 2.24. The van der Waals surface area contributed by atoms with Gasteiger partial charge in [-0.3, -0.25) is 4.79 Å². The number of para-hydroxylation sites is 1. The summed E-state index contributed by atoms with van der Waals surface area (Å²) in [5, 5.41) is 3.05. The monoisotopic (exact) mass is 490 g/mol. The van der Waals surface area contributed by atoms with E-state index in [2.05, 4.69) is 10.0 Å². The average molecular weight is 491 g/mol. The van der Waals surface area contributed by atoms with E-state index in [4.69, 9.17) is 25.8 Å². The van der Waals surface area contributed by atoms with E-state index in [0.717, 1.165) is 0 Å². The molecule has 0 aliphatic heterocycles.